The first kappa shape index (κ1) is 12.5. The van der Waals surface area contributed by atoms with Crippen molar-refractivity contribution >= 4 is 5.97 Å². The van der Waals surface area contributed by atoms with Gasteiger partial charge in [0.05, 0.1) is 13.0 Å². The van der Waals surface area contributed by atoms with Gasteiger partial charge in [-0.25, -0.2) is 0 Å². The normalized spacial score (nSPS) is 18.7. The number of hydrogen-bond acceptors (Lipinski definition) is 3. The van der Waals surface area contributed by atoms with Gasteiger partial charge in [0.15, 0.2) is 0 Å². The Hall–Kier alpha value is -0.570. The smallest absolute Gasteiger partial charge is 0.307 e. The van der Waals surface area contributed by atoms with Gasteiger partial charge >= 0.3 is 5.97 Å². The Balaban J connectivity index is 2.12. The van der Waals surface area contributed by atoms with E-state index in [1.807, 2.05) is 0 Å². The quantitative estimate of drug-likeness (QED) is 0.711. The molecule has 3 nitrogen and oxygen atoms in total. The van der Waals surface area contributed by atoms with Crippen LogP contribution in [0.2, 0.25) is 0 Å². The van der Waals surface area contributed by atoms with Crippen molar-refractivity contribution in [2.24, 2.45) is 17.1 Å². The topological polar surface area (TPSA) is 52.3 Å². The van der Waals surface area contributed by atoms with E-state index in [1.165, 1.54) is 12.8 Å². The predicted octanol–water partition coefficient (Wildman–Crippen LogP) is 2.09. The van der Waals surface area contributed by atoms with Crippen molar-refractivity contribution in [3.8, 4) is 0 Å². The second kappa shape index (κ2) is 4.97. The Morgan fingerprint density at radius 1 is 1.47 bits per heavy atom. The Bertz CT molecular complexity index is 216. The Labute approximate surface area is 92.4 Å². The van der Waals surface area contributed by atoms with Gasteiger partial charge in [-0.3, -0.25) is 4.79 Å². The molecule has 1 unspecified atom stereocenters. The molecule has 0 spiro atoms. The van der Waals surface area contributed by atoms with Crippen molar-refractivity contribution in [1.29, 1.82) is 0 Å². The summed E-state index contributed by atoms with van der Waals surface area (Å²) in [4.78, 5) is 11.4. The van der Waals surface area contributed by atoms with Gasteiger partial charge < -0.3 is 10.5 Å². The number of carbonyl (C=O) groups excluding carboxylic acids is 1. The highest BCUT2D eigenvalue weighted by Gasteiger charge is 2.24. The highest BCUT2D eigenvalue weighted by Crippen LogP contribution is 2.29. The first-order chi connectivity index (χ1) is 6.87. The second-order valence-electron chi connectivity index (χ2n) is 5.86. The van der Waals surface area contributed by atoms with Crippen molar-refractivity contribution in [2.45, 2.75) is 52.5 Å². The van der Waals surface area contributed by atoms with Crippen LogP contribution in [0.3, 0.4) is 0 Å². The summed E-state index contributed by atoms with van der Waals surface area (Å²) in [5.41, 5.74) is 6.06. The lowest BCUT2D eigenvalue weighted by Gasteiger charge is -2.22. The lowest BCUT2D eigenvalue weighted by Crippen LogP contribution is -2.29. The van der Waals surface area contributed by atoms with Gasteiger partial charge in [-0.15, -0.1) is 0 Å². The summed E-state index contributed by atoms with van der Waals surface area (Å²) in [6.45, 7) is 6.98. The maximum absolute atomic E-state index is 11.4. The summed E-state index contributed by atoms with van der Waals surface area (Å²) in [6, 6.07) is -0.0725. The Morgan fingerprint density at radius 2 is 2.07 bits per heavy atom. The average Bonchev–Trinajstić information content (AvgIpc) is 2.79. The number of ether oxygens (including phenoxy) is 1. The lowest BCUT2D eigenvalue weighted by molar-refractivity contribution is -0.144. The van der Waals surface area contributed by atoms with Gasteiger partial charge in [-0.05, 0) is 30.6 Å². The number of nitrogens with two attached hydrogens (primary N) is 1. The molecule has 2 N–H and O–H groups in total. The third-order valence-corrected chi connectivity index (χ3v) is 2.48. The van der Waals surface area contributed by atoms with Crippen molar-refractivity contribution in [3.05, 3.63) is 0 Å². The molecule has 1 aliphatic carbocycles. The summed E-state index contributed by atoms with van der Waals surface area (Å²) < 4.78 is 5.13. The van der Waals surface area contributed by atoms with Gasteiger partial charge in [-0.2, -0.15) is 0 Å². The van der Waals surface area contributed by atoms with Gasteiger partial charge in [0.1, 0.15) is 0 Å². The van der Waals surface area contributed by atoms with E-state index < -0.39 is 0 Å². The van der Waals surface area contributed by atoms with E-state index in [0.29, 0.717) is 18.9 Å². The van der Waals surface area contributed by atoms with Crippen LogP contribution in [-0.4, -0.2) is 18.6 Å². The van der Waals surface area contributed by atoms with Crippen LogP contribution in [0.1, 0.15) is 46.5 Å². The third-order valence-electron chi connectivity index (χ3n) is 2.48. The molecule has 0 aromatic heterocycles. The fraction of sp³-hybridized carbons (Fsp3) is 0.917. The van der Waals surface area contributed by atoms with Crippen LogP contribution in [0.4, 0.5) is 0 Å². The molecule has 0 heterocycles. The molecule has 0 amide bonds. The summed E-state index contributed by atoms with van der Waals surface area (Å²) in [5.74, 6) is 0.492. The zero-order chi connectivity index (χ0) is 11.5. The molecule has 0 aromatic rings. The first-order valence-electron chi connectivity index (χ1n) is 5.78. The van der Waals surface area contributed by atoms with E-state index in [1.54, 1.807) is 0 Å². The van der Waals surface area contributed by atoms with Crippen LogP contribution in [0.25, 0.3) is 0 Å². The van der Waals surface area contributed by atoms with Gasteiger partial charge in [0.2, 0.25) is 0 Å². The zero-order valence-corrected chi connectivity index (χ0v) is 10.1. The van der Waals surface area contributed by atoms with Gasteiger partial charge in [-0.1, -0.05) is 20.8 Å². The SMILES string of the molecule is CC(C)(C)CC(N)CC(=O)OCC1CC1. The van der Waals surface area contributed by atoms with E-state index in [4.69, 9.17) is 10.5 Å². The maximum atomic E-state index is 11.4. The minimum absolute atomic E-state index is 0.0725. The zero-order valence-electron chi connectivity index (χ0n) is 10.1. The van der Waals surface area contributed by atoms with Crippen molar-refractivity contribution < 1.29 is 9.53 Å². The van der Waals surface area contributed by atoms with Crippen LogP contribution < -0.4 is 5.73 Å². The molecule has 0 radical (unpaired) electrons. The van der Waals surface area contributed by atoms with E-state index >= 15 is 0 Å². The lowest BCUT2D eigenvalue weighted by atomic mass is 9.87. The number of rotatable bonds is 5. The molecule has 0 bridgehead atoms. The molecule has 1 atom stereocenters. The standard InChI is InChI=1S/C12H23NO2/c1-12(2,3)7-10(13)6-11(14)15-8-9-4-5-9/h9-10H,4-8,13H2,1-3H3. The molecular weight excluding hydrogens is 190 g/mol. The molecule has 0 saturated heterocycles. The molecule has 1 aliphatic rings. The van der Waals surface area contributed by atoms with Crippen molar-refractivity contribution in [1.82, 2.24) is 0 Å². The van der Waals surface area contributed by atoms with Crippen molar-refractivity contribution in [3.63, 3.8) is 0 Å². The molecular formula is C12H23NO2. The number of hydrogen-bond donors (Lipinski definition) is 1. The fourth-order valence-corrected chi connectivity index (χ4v) is 1.63. The van der Waals surface area contributed by atoms with E-state index in [9.17, 15) is 4.79 Å². The Morgan fingerprint density at radius 3 is 2.53 bits per heavy atom. The molecule has 1 fully saturated rings. The first-order valence-corrected chi connectivity index (χ1v) is 5.78. The minimum atomic E-state index is -0.140. The largest absolute Gasteiger partial charge is 0.465 e. The summed E-state index contributed by atoms with van der Waals surface area (Å²) in [7, 11) is 0. The molecule has 15 heavy (non-hydrogen) atoms. The second-order valence-corrected chi connectivity index (χ2v) is 5.86. The van der Waals surface area contributed by atoms with E-state index in [-0.39, 0.29) is 17.4 Å². The highest BCUT2D eigenvalue weighted by atomic mass is 16.5. The minimum Gasteiger partial charge on any atom is -0.465 e. The van der Waals surface area contributed by atoms with Crippen LogP contribution in [0.15, 0.2) is 0 Å². The average molecular weight is 213 g/mol. The van der Waals surface area contributed by atoms with Crippen molar-refractivity contribution in [2.75, 3.05) is 6.61 Å². The Kier molecular flexibility index (Phi) is 4.14. The summed E-state index contributed by atoms with van der Waals surface area (Å²) >= 11 is 0. The monoisotopic (exact) mass is 213 g/mol. The van der Waals surface area contributed by atoms with Gasteiger partial charge in [0, 0.05) is 6.04 Å². The molecule has 1 rings (SSSR count). The van der Waals surface area contributed by atoms with Crippen LogP contribution in [-0.2, 0) is 9.53 Å². The molecule has 1 saturated carbocycles. The predicted molar refractivity (Wildman–Crippen MR) is 60.3 cm³/mol. The maximum Gasteiger partial charge on any atom is 0.307 e. The fourth-order valence-electron chi connectivity index (χ4n) is 1.63. The third kappa shape index (κ3) is 6.50. The van der Waals surface area contributed by atoms with E-state index in [0.717, 1.165) is 6.42 Å². The number of carbonyl (C=O) groups is 1. The number of esters is 1. The van der Waals surface area contributed by atoms with Gasteiger partial charge in [0.25, 0.3) is 0 Å². The van der Waals surface area contributed by atoms with Crippen LogP contribution in [0, 0.1) is 11.3 Å². The molecule has 88 valence electrons. The molecule has 3 heteroatoms. The molecule has 0 aliphatic heterocycles. The van der Waals surface area contributed by atoms with Crippen LogP contribution in [0.5, 0.6) is 0 Å². The summed E-state index contributed by atoms with van der Waals surface area (Å²) in [6.07, 6.45) is 3.62. The highest BCUT2D eigenvalue weighted by molar-refractivity contribution is 5.70. The van der Waals surface area contributed by atoms with E-state index in [2.05, 4.69) is 20.8 Å². The molecule has 0 aromatic carbocycles. The summed E-state index contributed by atoms with van der Waals surface area (Å²) in [5, 5.41) is 0. The van der Waals surface area contributed by atoms with Crippen LogP contribution >= 0.6 is 0 Å².